The predicted octanol–water partition coefficient (Wildman–Crippen LogP) is 4.45. The Morgan fingerprint density at radius 2 is 1.80 bits per heavy atom. The number of rotatable bonds is 6. The second-order valence-corrected chi connectivity index (χ2v) is 8.33. The molecule has 0 aromatic heterocycles. The van der Waals surface area contributed by atoms with Crippen molar-refractivity contribution in [1.82, 2.24) is 10.2 Å². The second-order valence-electron chi connectivity index (χ2n) is 8.33. The smallest absolute Gasteiger partial charge is 0.00967 e. The number of hydrogen-bond donors (Lipinski definition) is 1. The monoisotopic (exact) mass is 282 g/mol. The Labute approximate surface area is 127 Å². The molecular formula is C18H38N2. The van der Waals surface area contributed by atoms with Crippen LogP contribution in [0.5, 0.6) is 0 Å². The van der Waals surface area contributed by atoms with Crippen molar-refractivity contribution in [2.24, 2.45) is 5.41 Å². The van der Waals surface area contributed by atoms with E-state index in [9.17, 15) is 0 Å². The summed E-state index contributed by atoms with van der Waals surface area (Å²) in [6.45, 7) is 17.7. The minimum Gasteiger partial charge on any atom is -0.311 e. The summed E-state index contributed by atoms with van der Waals surface area (Å²) in [5.74, 6) is 0. The van der Waals surface area contributed by atoms with E-state index in [1.165, 1.54) is 51.6 Å². The molecule has 1 aliphatic rings. The Kier molecular flexibility index (Phi) is 7.00. The first kappa shape index (κ1) is 18.0. The van der Waals surface area contributed by atoms with Gasteiger partial charge in [-0.1, -0.05) is 33.1 Å². The Hall–Kier alpha value is -0.0800. The fourth-order valence-electron chi connectivity index (χ4n) is 3.37. The molecule has 2 unspecified atom stereocenters. The molecule has 2 atom stereocenters. The topological polar surface area (TPSA) is 15.3 Å². The van der Waals surface area contributed by atoms with Gasteiger partial charge in [0.25, 0.3) is 0 Å². The maximum absolute atomic E-state index is 3.74. The van der Waals surface area contributed by atoms with Crippen LogP contribution in [0.15, 0.2) is 0 Å². The number of likely N-dealkylation sites (tertiary alicyclic amines) is 1. The highest BCUT2D eigenvalue weighted by Crippen LogP contribution is 2.28. The molecule has 20 heavy (non-hydrogen) atoms. The summed E-state index contributed by atoms with van der Waals surface area (Å²) in [7, 11) is 0. The van der Waals surface area contributed by atoms with Gasteiger partial charge in [0.2, 0.25) is 0 Å². The third-order valence-corrected chi connectivity index (χ3v) is 4.67. The minimum atomic E-state index is 0.222. The molecule has 2 nitrogen and oxygen atoms in total. The second kappa shape index (κ2) is 7.79. The molecule has 1 saturated heterocycles. The molecule has 0 saturated carbocycles. The lowest BCUT2D eigenvalue weighted by Gasteiger charge is -2.39. The Bertz CT molecular complexity index is 269. The van der Waals surface area contributed by atoms with Gasteiger partial charge >= 0.3 is 0 Å². The van der Waals surface area contributed by atoms with Crippen LogP contribution in [0.2, 0.25) is 0 Å². The first-order valence-corrected chi connectivity index (χ1v) is 8.75. The molecule has 0 spiro atoms. The van der Waals surface area contributed by atoms with Gasteiger partial charge in [-0.05, 0) is 58.9 Å². The summed E-state index contributed by atoms with van der Waals surface area (Å²) in [6, 6.07) is 0.767. The first-order chi connectivity index (χ1) is 9.26. The molecule has 0 aromatic carbocycles. The van der Waals surface area contributed by atoms with E-state index in [0.717, 1.165) is 12.6 Å². The van der Waals surface area contributed by atoms with Crippen molar-refractivity contribution in [2.45, 2.75) is 91.6 Å². The molecule has 2 heteroatoms. The summed E-state index contributed by atoms with van der Waals surface area (Å²) in [5.41, 5.74) is 0.625. The fourth-order valence-corrected chi connectivity index (χ4v) is 3.37. The summed E-state index contributed by atoms with van der Waals surface area (Å²) in [5, 5.41) is 3.74. The maximum Gasteiger partial charge on any atom is 0.00967 e. The van der Waals surface area contributed by atoms with E-state index in [4.69, 9.17) is 0 Å². The highest BCUT2D eigenvalue weighted by molar-refractivity contribution is 4.86. The van der Waals surface area contributed by atoms with Gasteiger partial charge in [0.05, 0.1) is 0 Å². The van der Waals surface area contributed by atoms with E-state index in [2.05, 4.69) is 51.8 Å². The van der Waals surface area contributed by atoms with Crippen molar-refractivity contribution in [3.8, 4) is 0 Å². The molecule has 0 amide bonds. The van der Waals surface area contributed by atoms with Crippen LogP contribution in [0.3, 0.4) is 0 Å². The van der Waals surface area contributed by atoms with E-state index >= 15 is 0 Å². The van der Waals surface area contributed by atoms with Crippen LogP contribution in [0, 0.1) is 5.41 Å². The summed E-state index contributed by atoms with van der Waals surface area (Å²) in [6.07, 6.45) is 8.21. The lowest BCUT2D eigenvalue weighted by atomic mass is 9.83. The molecular weight excluding hydrogens is 244 g/mol. The fraction of sp³-hybridized carbons (Fsp3) is 1.00. The van der Waals surface area contributed by atoms with E-state index < -0.39 is 0 Å². The van der Waals surface area contributed by atoms with Gasteiger partial charge in [-0.3, -0.25) is 0 Å². The van der Waals surface area contributed by atoms with Crippen LogP contribution in [0.25, 0.3) is 0 Å². The Balaban J connectivity index is 2.63. The lowest BCUT2D eigenvalue weighted by Crippen LogP contribution is -2.49. The molecule has 0 radical (unpaired) electrons. The zero-order valence-electron chi connectivity index (χ0n) is 14.9. The van der Waals surface area contributed by atoms with Crippen molar-refractivity contribution in [3.63, 3.8) is 0 Å². The predicted molar refractivity (Wildman–Crippen MR) is 90.3 cm³/mol. The molecule has 1 heterocycles. The highest BCUT2D eigenvalue weighted by atomic mass is 15.2. The lowest BCUT2D eigenvalue weighted by molar-refractivity contribution is 0.112. The summed E-state index contributed by atoms with van der Waals surface area (Å²) in [4.78, 5) is 2.76. The standard InChI is InChI=1S/C18H38N2/c1-7-12-18(6,14-19-17(3,4)5)15-20-13-10-8-9-11-16(20)2/h16,19H,7-15H2,1-6H3. The zero-order valence-corrected chi connectivity index (χ0v) is 14.9. The van der Waals surface area contributed by atoms with Crippen molar-refractivity contribution in [2.75, 3.05) is 19.6 Å². The zero-order chi connectivity index (χ0) is 15.2. The largest absolute Gasteiger partial charge is 0.311 e. The molecule has 1 rings (SSSR count). The van der Waals surface area contributed by atoms with Crippen LogP contribution in [-0.4, -0.2) is 36.1 Å². The van der Waals surface area contributed by atoms with Crippen LogP contribution in [0.4, 0.5) is 0 Å². The Morgan fingerprint density at radius 1 is 1.10 bits per heavy atom. The average Bonchev–Trinajstić information content (AvgIpc) is 2.52. The quantitative estimate of drug-likeness (QED) is 0.774. The van der Waals surface area contributed by atoms with Gasteiger partial charge in [0.15, 0.2) is 0 Å². The average molecular weight is 283 g/mol. The SMILES string of the molecule is CCCC(C)(CNC(C)(C)C)CN1CCCCCC1C. The summed E-state index contributed by atoms with van der Waals surface area (Å²) < 4.78 is 0. The number of hydrogen-bond acceptors (Lipinski definition) is 2. The molecule has 0 bridgehead atoms. The van der Waals surface area contributed by atoms with Crippen LogP contribution < -0.4 is 5.32 Å². The van der Waals surface area contributed by atoms with Gasteiger partial charge in [0.1, 0.15) is 0 Å². The number of nitrogens with one attached hydrogen (secondary N) is 1. The molecule has 1 aliphatic heterocycles. The molecule has 1 fully saturated rings. The van der Waals surface area contributed by atoms with Crippen LogP contribution in [-0.2, 0) is 0 Å². The van der Waals surface area contributed by atoms with E-state index in [1.807, 2.05) is 0 Å². The third kappa shape index (κ3) is 6.58. The maximum atomic E-state index is 3.74. The molecule has 120 valence electrons. The molecule has 0 aliphatic carbocycles. The van der Waals surface area contributed by atoms with Gasteiger partial charge in [-0.25, -0.2) is 0 Å². The van der Waals surface area contributed by atoms with Crippen molar-refractivity contribution < 1.29 is 0 Å². The van der Waals surface area contributed by atoms with E-state index in [0.29, 0.717) is 5.41 Å². The van der Waals surface area contributed by atoms with Crippen molar-refractivity contribution in [1.29, 1.82) is 0 Å². The molecule has 0 aromatic rings. The number of nitrogens with zero attached hydrogens (tertiary/aromatic N) is 1. The van der Waals surface area contributed by atoms with Crippen LogP contribution in [0.1, 0.15) is 80.1 Å². The summed E-state index contributed by atoms with van der Waals surface area (Å²) >= 11 is 0. The van der Waals surface area contributed by atoms with Gasteiger partial charge in [0, 0.05) is 24.7 Å². The Morgan fingerprint density at radius 3 is 2.40 bits per heavy atom. The van der Waals surface area contributed by atoms with E-state index in [-0.39, 0.29) is 5.54 Å². The van der Waals surface area contributed by atoms with Crippen molar-refractivity contribution >= 4 is 0 Å². The van der Waals surface area contributed by atoms with Crippen molar-refractivity contribution in [3.05, 3.63) is 0 Å². The normalized spacial score (nSPS) is 25.2. The van der Waals surface area contributed by atoms with E-state index in [1.54, 1.807) is 0 Å². The highest BCUT2D eigenvalue weighted by Gasteiger charge is 2.30. The first-order valence-electron chi connectivity index (χ1n) is 8.75. The van der Waals surface area contributed by atoms with Crippen LogP contribution >= 0.6 is 0 Å². The van der Waals surface area contributed by atoms with Gasteiger partial charge < -0.3 is 10.2 Å². The van der Waals surface area contributed by atoms with Gasteiger partial charge in [-0.15, -0.1) is 0 Å². The third-order valence-electron chi connectivity index (χ3n) is 4.67. The van der Waals surface area contributed by atoms with Gasteiger partial charge in [-0.2, -0.15) is 0 Å². The molecule has 1 N–H and O–H groups in total. The minimum absolute atomic E-state index is 0.222.